The molecule has 0 heterocycles. The first-order chi connectivity index (χ1) is 12.1. The van der Waals surface area contributed by atoms with Gasteiger partial charge in [-0.3, -0.25) is 9.59 Å². The summed E-state index contributed by atoms with van der Waals surface area (Å²) in [5, 5.41) is 11.8. The highest BCUT2D eigenvalue weighted by molar-refractivity contribution is 6.40. The van der Waals surface area contributed by atoms with Crippen molar-refractivity contribution in [3.8, 4) is 11.5 Å². The molecule has 0 saturated carbocycles. The minimum absolute atomic E-state index is 0.0703. The third kappa shape index (κ3) is 2.31. The van der Waals surface area contributed by atoms with E-state index in [1.807, 2.05) is 6.07 Å². The fraction of sp³-hybridized carbons (Fsp3) is 0.0476. The van der Waals surface area contributed by atoms with Crippen LogP contribution in [0.1, 0.15) is 26.3 Å². The van der Waals surface area contributed by atoms with Crippen LogP contribution in [0.15, 0.2) is 60.7 Å². The number of rotatable bonds is 2. The predicted molar refractivity (Wildman–Crippen MR) is 95.2 cm³/mol. The number of methoxy groups -OCH3 is 1. The van der Waals surface area contributed by atoms with Crippen LogP contribution in [0, 0.1) is 0 Å². The highest BCUT2D eigenvalue weighted by Crippen LogP contribution is 2.37. The molecule has 1 aliphatic rings. The van der Waals surface area contributed by atoms with Crippen molar-refractivity contribution in [3.63, 3.8) is 0 Å². The molecule has 4 nitrogen and oxygen atoms in total. The van der Waals surface area contributed by atoms with E-state index in [0.29, 0.717) is 22.3 Å². The molecule has 3 aromatic carbocycles. The Morgan fingerprint density at radius 2 is 1.68 bits per heavy atom. The van der Waals surface area contributed by atoms with Crippen molar-refractivity contribution in [2.45, 2.75) is 0 Å². The second kappa shape index (κ2) is 5.60. The zero-order valence-corrected chi connectivity index (χ0v) is 13.4. The van der Waals surface area contributed by atoms with E-state index in [4.69, 9.17) is 4.74 Å². The van der Waals surface area contributed by atoms with Gasteiger partial charge in [-0.1, -0.05) is 36.4 Å². The lowest BCUT2D eigenvalue weighted by Gasteiger charge is -2.18. The second-order valence-electron chi connectivity index (χ2n) is 5.85. The van der Waals surface area contributed by atoms with Gasteiger partial charge in [-0.2, -0.15) is 0 Å². The van der Waals surface area contributed by atoms with E-state index in [2.05, 4.69) is 0 Å². The van der Waals surface area contributed by atoms with Gasteiger partial charge in [0.15, 0.2) is 11.6 Å². The van der Waals surface area contributed by atoms with Crippen LogP contribution in [-0.4, -0.2) is 23.8 Å². The first-order valence-electron chi connectivity index (χ1n) is 7.80. The van der Waals surface area contributed by atoms with E-state index in [9.17, 15) is 14.7 Å². The number of hydrogen-bond donors (Lipinski definition) is 1. The topological polar surface area (TPSA) is 63.6 Å². The van der Waals surface area contributed by atoms with Crippen LogP contribution < -0.4 is 4.74 Å². The van der Waals surface area contributed by atoms with E-state index in [0.717, 1.165) is 5.39 Å². The molecular weight excluding hydrogens is 316 g/mol. The Morgan fingerprint density at radius 3 is 2.40 bits per heavy atom. The van der Waals surface area contributed by atoms with Crippen LogP contribution in [0.3, 0.4) is 0 Å². The second-order valence-corrected chi connectivity index (χ2v) is 5.85. The number of allylic oxidation sites excluding steroid dienone is 2. The van der Waals surface area contributed by atoms with Gasteiger partial charge in [0.1, 0.15) is 11.5 Å². The average molecular weight is 330 g/mol. The molecule has 1 aliphatic carbocycles. The van der Waals surface area contributed by atoms with Crippen LogP contribution in [0.4, 0.5) is 0 Å². The Bertz CT molecular complexity index is 1060. The van der Waals surface area contributed by atoms with Gasteiger partial charge in [-0.25, -0.2) is 0 Å². The van der Waals surface area contributed by atoms with E-state index in [1.165, 1.54) is 6.08 Å². The zero-order valence-electron chi connectivity index (χ0n) is 13.4. The largest absolute Gasteiger partial charge is 0.507 e. The summed E-state index contributed by atoms with van der Waals surface area (Å²) in [6, 6.07) is 15.8. The normalized spacial score (nSPS) is 13.6. The van der Waals surface area contributed by atoms with Crippen LogP contribution in [-0.2, 0) is 0 Å². The summed E-state index contributed by atoms with van der Waals surface area (Å²) in [7, 11) is 1.56. The molecule has 4 rings (SSSR count). The third-order valence-corrected chi connectivity index (χ3v) is 4.43. The number of ether oxygens (including phenoxy) is 1. The van der Waals surface area contributed by atoms with Crippen LogP contribution in [0.5, 0.6) is 11.5 Å². The maximum Gasteiger partial charge on any atom is 0.194 e. The Labute approximate surface area is 144 Å². The van der Waals surface area contributed by atoms with Crippen LogP contribution in [0.25, 0.3) is 16.3 Å². The number of phenolic OH excluding ortho intramolecular Hbond substituents is 1. The summed E-state index contributed by atoms with van der Waals surface area (Å²) >= 11 is 0. The summed E-state index contributed by atoms with van der Waals surface area (Å²) in [6.07, 6.45) is 1.29. The molecule has 0 radical (unpaired) electrons. The number of fused-ring (bicyclic) bond motifs is 2. The van der Waals surface area contributed by atoms with Crippen molar-refractivity contribution in [3.05, 3.63) is 77.4 Å². The number of aromatic hydroxyl groups is 1. The Kier molecular flexibility index (Phi) is 3.39. The van der Waals surface area contributed by atoms with Crippen molar-refractivity contribution in [1.82, 2.24) is 0 Å². The lowest BCUT2D eigenvalue weighted by Crippen LogP contribution is -2.16. The number of hydrogen-bond acceptors (Lipinski definition) is 4. The van der Waals surface area contributed by atoms with Crippen molar-refractivity contribution in [2.75, 3.05) is 7.11 Å². The lowest BCUT2D eigenvalue weighted by atomic mass is 9.84. The summed E-state index contributed by atoms with van der Waals surface area (Å²) in [5.74, 6) is -0.121. The summed E-state index contributed by atoms with van der Waals surface area (Å²) < 4.78 is 5.12. The quantitative estimate of drug-likeness (QED) is 0.771. The average Bonchev–Trinajstić information content (AvgIpc) is 2.64. The Hall–Kier alpha value is -3.40. The molecule has 122 valence electrons. The van der Waals surface area contributed by atoms with Crippen molar-refractivity contribution in [2.24, 2.45) is 0 Å². The summed E-state index contributed by atoms with van der Waals surface area (Å²) in [6.45, 7) is 0. The molecule has 4 heteroatoms. The molecule has 0 atom stereocenters. The minimum atomic E-state index is -0.372. The molecule has 0 unspecified atom stereocenters. The van der Waals surface area contributed by atoms with Gasteiger partial charge in [0.2, 0.25) is 0 Å². The third-order valence-electron chi connectivity index (χ3n) is 4.43. The van der Waals surface area contributed by atoms with Gasteiger partial charge in [0, 0.05) is 16.5 Å². The first-order valence-corrected chi connectivity index (χ1v) is 7.80. The molecular formula is C21H14O4. The number of ketones is 2. The molecule has 0 aliphatic heterocycles. The van der Waals surface area contributed by atoms with E-state index < -0.39 is 0 Å². The summed E-state index contributed by atoms with van der Waals surface area (Å²) in [5.41, 5.74) is 1.25. The molecule has 0 bridgehead atoms. The molecule has 1 N–H and O–H groups in total. The van der Waals surface area contributed by atoms with Crippen molar-refractivity contribution < 1.29 is 19.4 Å². The smallest absolute Gasteiger partial charge is 0.194 e. The van der Waals surface area contributed by atoms with Gasteiger partial charge >= 0.3 is 0 Å². The Morgan fingerprint density at radius 1 is 0.960 bits per heavy atom. The highest BCUT2D eigenvalue weighted by Gasteiger charge is 2.30. The van der Waals surface area contributed by atoms with Crippen molar-refractivity contribution in [1.29, 1.82) is 0 Å². The monoisotopic (exact) mass is 330 g/mol. The molecule has 0 amide bonds. The highest BCUT2D eigenvalue weighted by atomic mass is 16.5. The van der Waals surface area contributed by atoms with Gasteiger partial charge in [0.25, 0.3) is 0 Å². The van der Waals surface area contributed by atoms with Crippen LogP contribution in [0.2, 0.25) is 0 Å². The van der Waals surface area contributed by atoms with Gasteiger partial charge in [-0.15, -0.1) is 0 Å². The molecule has 0 saturated heterocycles. The molecule has 0 fully saturated rings. The summed E-state index contributed by atoms with van der Waals surface area (Å²) in [4.78, 5) is 25.5. The number of phenols is 1. The fourth-order valence-corrected chi connectivity index (χ4v) is 3.16. The Balaban J connectivity index is 1.90. The number of Topliss-reactive ketones (excluding diaryl/α,β-unsaturated/α-hetero) is 1. The minimum Gasteiger partial charge on any atom is -0.507 e. The number of benzene rings is 3. The van der Waals surface area contributed by atoms with E-state index >= 15 is 0 Å². The van der Waals surface area contributed by atoms with Gasteiger partial charge < -0.3 is 9.84 Å². The maximum atomic E-state index is 13.0. The lowest BCUT2D eigenvalue weighted by molar-refractivity contribution is 0.0999. The number of carbonyl (C=O) groups excluding carboxylic acids is 2. The predicted octanol–water partition coefficient (Wildman–Crippen LogP) is 4.02. The molecule has 0 spiro atoms. The SMILES string of the molecule is COc1ccc(C2=CC(=O)c3c(cc4ccccc4c3O)C2=O)cc1. The fourth-order valence-electron chi connectivity index (χ4n) is 3.16. The van der Waals surface area contributed by atoms with E-state index in [1.54, 1.807) is 55.6 Å². The first kappa shape index (κ1) is 15.1. The van der Waals surface area contributed by atoms with Gasteiger partial charge in [-0.05, 0) is 35.2 Å². The maximum absolute atomic E-state index is 13.0. The number of carbonyl (C=O) groups is 2. The molecule has 3 aromatic rings. The standard InChI is InChI=1S/C21H14O4/c1-25-14-8-6-12(7-9-14)16-11-18(22)19-17(20(16)23)10-13-4-2-3-5-15(13)21(19)24/h2-11,24H,1H3. The van der Waals surface area contributed by atoms with Crippen LogP contribution >= 0.6 is 0 Å². The zero-order chi connectivity index (χ0) is 17.6. The van der Waals surface area contributed by atoms with E-state index in [-0.39, 0.29) is 28.4 Å². The molecule has 0 aromatic heterocycles. The van der Waals surface area contributed by atoms with Gasteiger partial charge in [0.05, 0.1) is 12.7 Å². The van der Waals surface area contributed by atoms with Crippen molar-refractivity contribution >= 4 is 27.9 Å². The molecule has 25 heavy (non-hydrogen) atoms.